The summed E-state index contributed by atoms with van der Waals surface area (Å²) in [5, 5.41) is 10.4. The third-order valence-electron chi connectivity index (χ3n) is 1.65. The number of hydrogen-bond donors (Lipinski definition) is 0. The highest BCUT2D eigenvalue weighted by Crippen LogP contribution is 2.03. The summed E-state index contributed by atoms with van der Waals surface area (Å²) in [6, 6.07) is 2.10. The lowest BCUT2D eigenvalue weighted by molar-refractivity contribution is 0.562. The number of nitriles is 1. The quantitative estimate of drug-likeness (QED) is 0.693. The third kappa shape index (κ3) is 1.74. The molecule has 0 radical (unpaired) electrons. The number of nitrogens with zero attached hydrogens (tertiary/aromatic N) is 2. The van der Waals surface area contributed by atoms with Crippen LogP contribution < -0.4 is 4.87 Å². The molecule has 0 saturated heterocycles. The Morgan fingerprint density at radius 2 is 2.50 bits per heavy atom. The smallest absolute Gasteiger partial charge is 0.302 e. The SMILES string of the molecule is Cc1csc(=O)n1CC(C)C#N. The van der Waals surface area contributed by atoms with Crippen molar-refractivity contribution in [3.8, 4) is 6.07 Å². The Morgan fingerprint density at radius 1 is 1.83 bits per heavy atom. The molecule has 4 heteroatoms. The fourth-order valence-electron chi connectivity index (χ4n) is 0.940. The number of aromatic nitrogens is 1. The molecule has 0 saturated carbocycles. The lowest BCUT2D eigenvalue weighted by atomic mass is 10.2. The lowest BCUT2D eigenvalue weighted by Crippen LogP contribution is -2.18. The molecule has 0 amide bonds. The topological polar surface area (TPSA) is 45.8 Å². The molecule has 12 heavy (non-hydrogen) atoms. The van der Waals surface area contributed by atoms with Crippen molar-refractivity contribution in [2.75, 3.05) is 0 Å². The molecule has 1 aromatic rings. The zero-order valence-electron chi connectivity index (χ0n) is 7.07. The highest BCUT2D eigenvalue weighted by atomic mass is 32.1. The van der Waals surface area contributed by atoms with Crippen LogP contribution in [-0.4, -0.2) is 4.57 Å². The van der Waals surface area contributed by atoms with E-state index < -0.39 is 0 Å². The summed E-state index contributed by atoms with van der Waals surface area (Å²) in [7, 11) is 0. The predicted octanol–water partition coefficient (Wildman–Crippen LogP) is 1.38. The molecule has 64 valence electrons. The van der Waals surface area contributed by atoms with Gasteiger partial charge < -0.3 is 4.57 Å². The van der Waals surface area contributed by atoms with E-state index in [1.54, 1.807) is 4.57 Å². The normalized spacial score (nSPS) is 12.4. The molecular weight excluding hydrogens is 172 g/mol. The molecule has 0 spiro atoms. The second kappa shape index (κ2) is 3.55. The zero-order chi connectivity index (χ0) is 9.14. The van der Waals surface area contributed by atoms with E-state index in [0.29, 0.717) is 6.54 Å². The summed E-state index contributed by atoms with van der Waals surface area (Å²) in [6.07, 6.45) is 0. The molecule has 0 bridgehead atoms. The molecule has 0 aliphatic rings. The van der Waals surface area contributed by atoms with Crippen molar-refractivity contribution in [3.63, 3.8) is 0 Å². The van der Waals surface area contributed by atoms with E-state index in [-0.39, 0.29) is 10.8 Å². The standard InChI is InChI=1S/C8H10N2OS/c1-6(3-9)4-10-7(2)5-12-8(10)11/h5-6H,4H2,1-2H3. The molecule has 1 atom stereocenters. The van der Waals surface area contributed by atoms with Crippen LogP contribution in [0, 0.1) is 24.2 Å². The molecule has 0 aliphatic heterocycles. The average molecular weight is 182 g/mol. The molecule has 0 fully saturated rings. The van der Waals surface area contributed by atoms with E-state index in [0.717, 1.165) is 5.69 Å². The van der Waals surface area contributed by atoms with Gasteiger partial charge in [-0.2, -0.15) is 5.26 Å². The molecule has 3 nitrogen and oxygen atoms in total. The minimum atomic E-state index is -0.101. The van der Waals surface area contributed by atoms with Crippen molar-refractivity contribution in [1.82, 2.24) is 4.57 Å². The van der Waals surface area contributed by atoms with E-state index in [1.165, 1.54) is 11.3 Å². The van der Waals surface area contributed by atoms with Gasteiger partial charge in [0.1, 0.15) is 0 Å². The first kappa shape index (κ1) is 9.01. The fraction of sp³-hybridized carbons (Fsp3) is 0.500. The maximum Gasteiger partial charge on any atom is 0.307 e. The van der Waals surface area contributed by atoms with Gasteiger partial charge in [-0.05, 0) is 13.8 Å². The Kier molecular flexibility index (Phi) is 2.66. The molecule has 1 unspecified atom stereocenters. The van der Waals surface area contributed by atoms with Crippen LogP contribution in [0.1, 0.15) is 12.6 Å². The summed E-state index contributed by atoms with van der Waals surface area (Å²) in [6.45, 7) is 4.19. The first-order chi connectivity index (χ1) is 5.65. The molecule has 0 aromatic carbocycles. The van der Waals surface area contributed by atoms with Gasteiger partial charge in [-0.3, -0.25) is 4.79 Å². The number of aryl methyl sites for hydroxylation is 1. The number of thiazole rings is 1. The van der Waals surface area contributed by atoms with Gasteiger partial charge in [0.05, 0.1) is 12.0 Å². The van der Waals surface area contributed by atoms with E-state index in [9.17, 15) is 4.79 Å². The summed E-state index contributed by atoms with van der Waals surface area (Å²) >= 11 is 1.18. The molecule has 1 rings (SSSR count). The van der Waals surface area contributed by atoms with Crippen LogP contribution >= 0.6 is 11.3 Å². The van der Waals surface area contributed by atoms with Gasteiger partial charge in [-0.25, -0.2) is 0 Å². The molecule has 1 heterocycles. The third-order valence-corrected chi connectivity index (χ3v) is 2.53. The lowest BCUT2D eigenvalue weighted by Gasteiger charge is -2.04. The highest BCUT2D eigenvalue weighted by molar-refractivity contribution is 7.07. The Hall–Kier alpha value is -1.08. The Labute approximate surface area is 74.9 Å². The van der Waals surface area contributed by atoms with Crippen LogP contribution in [-0.2, 0) is 6.54 Å². The van der Waals surface area contributed by atoms with Crippen LogP contribution in [0.3, 0.4) is 0 Å². The minimum absolute atomic E-state index is 0.0228. The maximum absolute atomic E-state index is 11.2. The fourth-order valence-corrected chi connectivity index (χ4v) is 1.68. The summed E-state index contributed by atoms with van der Waals surface area (Å²) < 4.78 is 1.64. The second-order valence-corrected chi connectivity index (χ2v) is 3.60. The van der Waals surface area contributed by atoms with Crippen LogP contribution in [0.25, 0.3) is 0 Å². The monoisotopic (exact) mass is 182 g/mol. The summed E-state index contributed by atoms with van der Waals surface area (Å²) in [5.41, 5.74) is 0.937. The van der Waals surface area contributed by atoms with E-state index in [1.807, 2.05) is 19.2 Å². The van der Waals surface area contributed by atoms with Crippen LogP contribution in [0.15, 0.2) is 10.2 Å². The van der Waals surface area contributed by atoms with Gasteiger partial charge in [0.25, 0.3) is 0 Å². The average Bonchev–Trinajstić information content (AvgIpc) is 2.35. The Balaban J connectivity index is 2.90. The molecule has 0 aliphatic carbocycles. The van der Waals surface area contributed by atoms with Crippen molar-refractivity contribution >= 4 is 11.3 Å². The minimum Gasteiger partial charge on any atom is -0.302 e. The Morgan fingerprint density at radius 3 is 2.92 bits per heavy atom. The van der Waals surface area contributed by atoms with E-state index in [4.69, 9.17) is 5.26 Å². The summed E-state index contributed by atoms with van der Waals surface area (Å²) in [4.78, 5) is 11.2. The number of rotatable bonds is 2. The van der Waals surface area contributed by atoms with Crippen molar-refractivity contribution in [2.45, 2.75) is 20.4 Å². The van der Waals surface area contributed by atoms with Crippen molar-refractivity contribution in [3.05, 3.63) is 20.7 Å². The van der Waals surface area contributed by atoms with Crippen LogP contribution in [0.2, 0.25) is 0 Å². The van der Waals surface area contributed by atoms with E-state index in [2.05, 4.69) is 6.07 Å². The molecule has 0 N–H and O–H groups in total. The zero-order valence-corrected chi connectivity index (χ0v) is 7.89. The van der Waals surface area contributed by atoms with Gasteiger partial charge in [-0.1, -0.05) is 11.3 Å². The molecule has 1 aromatic heterocycles. The molecular formula is C8H10N2OS. The van der Waals surface area contributed by atoms with Crippen molar-refractivity contribution in [2.24, 2.45) is 5.92 Å². The Bertz CT molecular complexity index is 358. The highest BCUT2D eigenvalue weighted by Gasteiger charge is 2.06. The maximum atomic E-state index is 11.2. The van der Waals surface area contributed by atoms with Crippen LogP contribution in [0.5, 0.6) is 0 Å². The van der Waals surface area contributed by atoms with Gasteiger partial charge in [-0.15, -0.1) is 0 Å². The van der Waals surface area contributed by atoms with Gasteiger partial charge in [0, 0.05) is 17.6 Å². The van der Waals surface area contributed by atoms with Crippen molar-refractivity contribution < 1.29 is 0 Å². The summed E-state index contributed by atoms with van der Waals surface area (Å²) in [5.74, 6) is -0.101. The van der Waals surface area contributed by atoms with Gasteiger partial charge in [0.2, 0.25) is 0 Å². The van der Waals surface area contributed by atoms with Crippen LogP contribution in [0.4, 0.5) is 0 Å². The largest absolute Gasteiger partial charge is 0.307 e. The first-order valence-electron chi connectivity index (χ1n) is 3.69. The number of hydrogen-bond acceptors (Lipinski definition) is 3. The van der Waals surface area contributed by atoms with Gasteiger partial charge >= 0.3 is 4.87 Å². The predicted molar refractivity (Wildman–Crippen MR) is 48.1 cm³/mol. The first-order valence-corrected chi connectivity index (χ1v) is 4.57. The van der Waals surface area contributed by atoms with Gasteiger partial charge in [0.15, 0.2) is 0 Å². The second-order valence-electron chi connectivity index (χ2n) is 2.78. The van der Waals surface area contributed by atoms with E-state index >= 15 is 0 Å². The van der Waals surface area contributed by atoms with Crippen molar-refractivity contribution in [1.29, 1.82) is 5.26 Å².